The first-order chi connectivity index (χ1) is 16.0. The summed E-state index contributed by atoms with van der Waals surface area (Å²) >= 11 is 0. The van der Waals surface area contributed by atoms with Crippen LogP contribution in [0.25, 0.3) is 16.7 Å². The number of phenolic OH excluding ortho intramolecular Hbond substituents is 1. The molecule has 0 amide bonds. The van der Waals surface area contributed by atoms with Crippen molar-refractivity contribution in [2.45, 2.75) is 30.2 Å². The summed E-state index contributed by atoms with van der Waals surface area (Å²) in [6, 6.07) is 4.93. The van der Waals surface area contributed by atoms with Crippen molar-refractivity contribution in [1.82, 2.24) is 19.5 Å². The fraction of sp³-hybridized carbons (Fsp3) is 0.316. The summed E-state index contributed by atoms with van der Waals surface area (Å²) in [5.41, 5.74) is 0.0335. The van der Waals surface area contributed by atoms with Crippen molar-refractivity contribution in [2.75, 3.05) is 12.3 Å². The molecule has 12 nitrogen and oxygen atoms in total. The number of hydrogen-bond acceptors (Lipinski definition) is 10. The molecule has 5 atom stereocenters. The maximum Gasteiger partial charge on any atom is 0.401 e. The SMILES string of the molecule is C=C(c1ccccc1O)C(F)(F)P(=O)(O)OC[C@H]1O[C@@H](n2cnc3c(N)ncnc32)C(O)[C@H]1O. The number of nitrogen functional groups attached to an aromatic ring is 1. The van der Waals surface area contributed by atoms with Gasteiger partial charge in [-0.1, -0.05) is 24.8 Å². The summed E-state index contributed by atoms with van der Waals surface area (Å²) < 4.78 is 53.3. The van der Waals surface area contributed by atoms with Crippen LogP contribution in [0.15, 0.2) is 43.5 Å². The molecule has 1 aliphatic heterocycles. The summed E-state index contributed by atoms with van der Waals surface area (Å²) in [5, 5.41) is 30.5. The monoisotopic (exact) mass is 499 g/mol. The van der Waals surface area contributed by atoms with Crippen molar-refractivity contribution in [2.24, 2.45) is 0 Å². The van der Waals surface area contributed by atoms with E-state index in [1.807, 2.05) is 0 Å². The van der Waals surface area contributed by atoms with Gasteiger partial charge in [0.15, 0.2) is 17.7 Å². The first kappa shape index (κ1) is 24.1. The van der Waals surface area contributed by atoms with Gasteiger partial charge in [0, 0.05) is 11.1 Å². The molecule has 4 rings (SSSR count). The number of ether oxygens (including phenoxy) is 1. The van der Waals surface area contributed by atoms with Crippen molar-refractivity contribution in [3.63, 3.8) is 0 Å². The minimum atomic E-state index is -5.73. The van der Waals surface area contributed by atoms with Gasteiger partial charge >= 0.3 is 13.3 Å². The van der Waals surface area contributed by atoms with Crippen molar-refractivity contribution in [1.29, 1.82) is 0 Å². The van der Waals surface area contributed by atoms with E-state index in [1.54, 1.807) is 0 Å². The number of anilines is 1. The molecule has 1 aromatic carbocycles. The van der Waals surface area contributed by atoms with Gasteiger partial charge in [-0.25, -0.2) is 15.0 Å². The molecule has 0 spiro atoms. The van der Waals surface area contributed by atoms with Crippen molar-refractivity contribution in [3.05, 3.63) is 49.1 Å². The average molecular weight is 499 g/mol. The lowest BCUT2D eigenvalue weighted by Gasteiger charge is -2.25. The maximum atomic E-state index is 14.8. The van der Waals surface area contributed by atoms with Gasteiger partial charge in [-0.05, 0) is 6.07 Å². The molecule has 15 heteroatoms. The molecule has 1 saturated heterocycles. The minimum absolute atomic E-state index is 0.0600. The zero-order chi connectivity index (χ0) is 24.8. The second-order valence-corrected chi connectivity index (χ2v) is 9.34. The van der Waals surface area contributed by atoms with Crippen LogP contribution in [0.1, 0.15) is 11.8 Å². The Morgan fingerprint density at radius 1 is 1.26 bits per heavy atom. The smallest absolute Gasteiger partial charge is 0.401 e. The van der Waals surface area contributed by atoms with E-state index in [0.717, 1.165) is 18.5 Å². The highest BCUT2D eigenvalue weighted by atomic mass is 31.2. The van der Waals surface area contributed by atoms with E-state index in [-0.39, 0.29) is 17.0 Å². The highest BCUT2D eigenvalue weighted by molar-refractivity contribution is 7.54. The van der Waals surface area contributed by atoms with Gasteiger partial charge in [-0.3, -0.25) is 9.13 Å². The number of aromatic hydroxyl groups is 1. The third-order valence-corrected chi connectivity index (χ3v) is 6.84. The van der Waals surface area contributed by atoms with Gasteiger partial charge in [-0.15, -0.1) is 0 Å². The predicted octanol–water partition coefficient (Wildman–Crippen LogP) is 1.24. The van der Waals surface area contributed by atoms with Gasteiger partial charge < -0.3 is 35.2 Å². The molecule has 1 fully saturated rings. The number of benzene rings is 1. The molecular weight excluding hydrogens is 479 g/mol. The standard InChI is InChI=1S/C19H20F2N5O7P/c1-9(10-4-2-3-5-11(10)27)19(20,21)34(30,31)32-6-12-14(28)15(29)18(33-12)26-8-25-13-16(22)23-7-24-17(13)26/h2-5,7-8,12,14-15,18,27-29H,1,6H2,(H,30,31)(H2,22,23,24)/t12-,14+,15?,18-/m1/s1. The molecule has 2 unspecified atom stereocenters. The lowest BCUT2D eigenvalue weighted by atomic mass is 10.1. The lowest BCUT2D eigenvalue weighted by Crippen LogP contribution is -2.34. The molecule has 3 heterocycles. The van der Waals surface area contributed by atoms with Crippen LogP contribution < -0.4 is 5.73 Å². The molecule has 1 aliphatic rings. The average Bonchev–Trinajstić information content (AvgIpc) is 3.34. The lowest BCUT2D eigenvalue weighted by molar-refractivity contribution is -0.0507. The van der Waals surface area contributed by atoms with E-state index in [1.165, 1.54) is 23.0 Å². The van der Waals surface area contributed by atoms with Crippen LogP contribution >= 0.6 is 7.60 Å². The summed E-state index contributed by atoms with van der Waals surface area (Å²) in [6.45, 7) is 2.16. The number of aliphatic hydroxyl groups is 2. The van der Waals surface area contributed by atoms with E-state index in [2.05, 4.69) is 26.1 Å². The molecule has 34 heavy (non-hydrogen) atoms. The number of aliphatic hydroxyl groups excluding tert-OH is 2. The molecule has 6 N–H and O–H groups in total. The molecule has 0 saturated carbocycles. The second kappa shape index (κ2) is 8.65. The van der Waals surface area contributed by atoms with Crippen molar-refractivity contribution >= 4 is 30.2 Å². The topological polar surface area (TPSA) is 186 Å². The van der Waals surface area contributed by atoms with E-state index < -0.39 is 61.3 Å². The number of rotatable bonds is 7. The second-order valence-electron chi connectivity index (χ2n) is 7.48. The van der Waals surface area contributed by atoms with Crippen LogP contribution in [0.3, 0.4) is 0 Å². The van der Waals surface area contributed by atoms with Crippen LogP contribution in [0, 0.1) is 0 Å². The van der Waals surface area contributed by atoms with Crippen molar-refractivity contribution < 1.29 is 42.8 Å². The number of aromatic nitrogens is 4. The summed E-state index contributed by atoms with van der Waals surface area (Å²) in [7, 11) is -5.73. The zero-order valence-electron chi connectivity index (χ0n) is 17.3. The van der Waals surface area contributed by atoms with Gasteiger partial charge in [0.1, 0.15) is 35.9 Å². The number of hydrogen-bond donors (Lipinski definition) is 5. The number of nitrogens with two attached hydrogens (primary N) is 1. The Hall–Kier alpha value is -3.00. The molecule has 182 valence electrons. The molecule has 0 aliphatic carbocycles. The fourth-order valence-corrected chi connectivity index (χ4v) is 4.44. The Bertz CT molecular complexity index is 1290. The normalized spacial score (nSPS) is 24.9. The third-order valence-electron chi connectivity index (χ3n) is 5.36. The minimum Gasteiger partial charge on any atom is -0.507 e. The molecule has 3 aromatic rings. The van der Waals surface area contributed by atoms with Gasteiger partial charge in [0.25, 0.3) is 0 Å². The first-order valence-corrected chi connectivity index (χ1v) is 11.3. The quantitative estimate of drug-likeness (QED) is 0.295. The van der Waals surface area contributed by atoms with E-state index in [4.69, 9.17) is 10.5 Å². The van der Waals surface area contributed by atoms with Gasteiger partial charge in [0.2, 0.25) is 0 Å². The van der Waals surface area contributed by atoms with Crippen LogP contribution in [0.5, 0.6) is 5.75 Å². The number of phenols is 1. The molecule has 0 radical (unpaired) electrons. The van der Waals surface area contributed by atoms with E-state index in [0.29, 0.717) is 0 Å². The van der Waals surface area contributed by atoms with Gasteiger partial charge in [-0.2, -0.15) is 8.78 Å². The third kappa shape index (κ3) is 3.94. The molecule has 0 bridgehead atoms. The summed E-state index contributed by atoms with van der Waals surface area (Å²) in [6.07, 6.45) is -3.63. The predicted molar refractivity (Wildman–Crippen MR) is 114 cm³/mol. The van der Waals surface area contributed by atoms with Crippen LogP contribution in [-0.4, -0.2) is 70.3 Å². The summed E-state index contributed by atoms with van der Waals surface area (Å²) in [5.74, 6) is -0.505. The van der Waals surface area contributed by atoms with Gasteiger partial charge in [0.05, 0.1) is 12.9 Å². The Labute approximate surface area is 190 Å². The van der Waals surface area contributed by atoms with Crippen LogP contribution in [0.4, 0.5) is 14.6 Å². The highest BCUT2D eigenvalue weighted by Gasteiger charge is 2.55. The van der Waals surface area contributed by atoms with Crippen LogP contribution in [-0.2, 0) is 13.8 Å². The fourth-order valence-electron chi connectivity index (χ4n) is 3.47. The number of alkyl halides is 2. The molecule has 2 aromatic heterocycles. The maximum absolute atomic E-state index is 14.8. The number of halogens is 2. The largest absolute Gasteiger partial charge is 0.507 e. The molecular formula is C19H20F2N5O7P. The van der Waals surface area contributed by atoms with E-state index >= 15 is 0 Å². The summed E-state index contributed by atoms with van der Waals surface area (Å²) in [4.78, 5) is 21.8. The number of fused-ring (bicyclic) bond motifs is 1. The highest BCUT2D eigenvalue weighted by Crippen LogP contribution is 2.63. The zero-order valence-corrected chi connectivity index (χ0v) is 18.2. The Morgan fingerprint density at radius 2 is 1.97 bits per heavy atom. The van der Waals surface area contributed by atoms with E-state index in [9.17, 15) is 33.6 Å². The van der Waals surface area contributed by atoms with Crippen molar-refractivity contribution in [3.8, 4) is 5.75 Å². The Kier molecular flexibility index (Phi) is 6.14. The number of imidazole rings is 1. The number of allylic oxidation sites excluding steroid dienone is 1. The van der Waals surface area contributed by atoms with Crippen LogP contribution in [0.2, 0.25) is 0 Å². The Balaban J connectivity index is 1.50. The number of para-hydroxylation sites is 1. The Morgan fingerprint density at radius 3 is 2.68 bits per heavy atom. The number of nitrogens with zero attached hydrogens (tertiary/aromatic N) is 4. The first-order valence-electron chi connectivity index (χ1n) is 9.73.